The van der Waals surface area contributed by atoms with Crippen LogP contribution in [0.25, 0.3) is 0 Å². The normalized spacial score (nSPS) is 9.67. The molecule has 1 amide bonds. The zero-order chi connectivity index (χ0) is 11.6. The molecular formula is C9H10N4OS. The first-order valence-corrected chi connectivity index (χ1v) is 5.29. The van der Waals surface area contributed by atoms with Gasteiger partial charge in [0.05, 0.1) is 16.9 Å². The lowest BCUT2D eigenvalue weighted by Gasteiger charge is -2.09. The molecule has 0 aliphatic rings. The van der Waals surface area contributed by atoms with E-state index in [1.165, 1.54) is 11.8 Å². The number of primary amides is 1. The van der Waals surface area contributed by atoms with E-state index < -0.39 is 5.91 Å². The summed E-state index contributed by atoms with van der Waals surface area (Å²) in [6.07, 6.45) is 1.78. The summed E-state index contributed by atoms with van der Waals surface area (Å²) in [6.45, 7) is 1.64. The van der Waals surface area contributed by atoms with Gasteiger partial charge in [-0.05, 0) is 13.2 Å². The van der Waals surface area contributed by atoms with Gasteiger partial charge in [0.1, 0.15) is 16.7 Å². The fourth-order valence-electron chi connectivity index (χ4n) is 1.27. The Bertz CT molecular complexity index is 464. The van der Waals surface area contributed by atoms with Gasteiger partial charge in [0.15, 0.2) is 0 Å². The van der Waals surface area contributed by atoms with Crippen molar-refractivity contribution < 1.29 is 4.79 Å². The number of hydrogen-bond acceptors (Lipinski definition) is 5. The van der Waals surface area contributed by atoms with Crippen LogP contribution in [0.4, 0.5) is 5.69 Å². The maximum Gasteiger partial charge on any atom is 0.252 e. The number of nitrogens with zero attached hydrogens (tertiary/aromatic N) is 2. The Kier molecular flexibility index (Phi) is 3.17. The van der Waals surface area contributed by atoms with Gasteiger partial charge >= 0.3 is 0 Å². The topological polar surface area (TPSA) is 106 Å². The van der Waals surface area contributed by atoms with Gasteiger partial charge in [0.25, 0.3) is 5.91 Å². The average molecular weight is 222 g/mol. The predicted molar refractivity (Wildman–Crippen MR) is 58.4 cm³/mol. The summed E-state index contributed by atoms with van der Waals surface area (Å²) in [6, 6.07) is 1.92. The summed E-state index contributed by atoms with van der Waals surface area (Å²) in [4.78, 5) is 15.2. The van der Waals surface area contributed by atoms with Crippen molar-refractivity contribution >= 4 is 23.4 Å². The van der Waals surface area contributed by atoms with Crippen molar-refractivity contribution in [3.8, 4) is 6.07 Å². The molecule has 0 aromatic carbocycles. The van der Waals surface area contributed by atoms with Gasteiger partial charge in [-0.2, -0.15) is 5.26 Å². The lowest BCUT2D eigenvalue weighted by molar-refractivity contribution is 0.1000. The Morgan fingerprint density at radius 1 is 1.60 bits per heavy atom. The number of nitrogens with two attached hydrogens (primary N) is 2. The number of nitrogen functional groups attached to an aromatic ring is 1. The number of aromatic nitrogens is 1. The minimum Gasteiger partial charge on any atom is -0.397 e. The maximum atomic E-state index is 11.1. The number of nitriles is 1. The minimum atomic E-state index is -0.665. The molecule has 4 N–H and O–H groups in total. The number of hydrogen-bond donors (Lipinski definition) is 2. The number of rotatable bonds is 2. The number of amides is 1. The molecule has 0 unspecified atom stereocenters. The maximum absolute atomic E-state index is 11.1. The first-order valence-electron chi connectivity index (χ1n) is 4.06. The molecule has 5 nitrogen and oxygen atoms in total. The highest BCUT2D eigenvalue weighted by Gasteiger charge is 2.18. The second kappa shape index (κ2) is 4.19. The van der Waals surface area contributed by atoms with Crippen molar-refractivity contribution in [3.05, 3.63) is 16.8 Å². The van der Waals surface area contributed by atoms with Crippen LogP contribution in [-0.2, 0) is 0 Å². The lowest BCUT2D eigenvalue weighted by Crippen LogP contribution is -2.17. The molecule has 1 aromatic heterocycles. The van der Waals surface area contributed by atoms with Crippen LogP contribution in [0.1, 0.15) is 21.6 Å². The lowest BCUT2D eigenvalue weighted by atomic mass is 10.1. The molecule has 1 heterocycles. The molecule has 0 bridgehead atoms. The van der Waals surface area contributed by atoms with E-state index in [0.29, 0.717) is 10.7 Å². The summed E-state index contributed by atoms with van der Waals surface area (Å²) in [5, 5.41) is 9.40. The van der Waals surface area contributed by atoms with E-state index in [-0.39, 0.29) is 16.8 Å². The molecule has 0 fully saturated rings. The second-order valence-electron chi connectivity index (χ2n) is 2.85. The zero-order valence-corrected chi connectivity index (χ0v) is 9.18. The number of thioether (sulfide) groups is 1. The molecule has 0 atom stereocenters. The van der Waals surface area contributed by atoms with Crippen LogP contribution in [0.2, 0.25) is 0 Å². The summed E-state index contributed by atoms with van der Waals surface area (Å²) >= 11 is 1.30. The van der Waals surface area contributed by atoms with Gasteiger partial charge in [-0.3, -0.25) is 4.79 Å². The van der Waals surface area contributed by atoms with Gasteiger partial charge in [-0.15, -0.1) is 11.8 Å². The van der Waals surface area contributed by atoms with E-state index in [0.717, 1.165) is 0 Å². The Labute approximate surface area is 91.5 Å². The quantitative estimate of drug-likeness (QED) is 0.715. The van der Waals surface area contributed by atoms with Crippen LogP contribution in [-0.4, -0.2) is 17.1 Å². The zero-order valence-electron chi connectivity index (χ0n) is 8.37. The summed E-state index contributed by atoms with van der Waals surface area (Å²) < 4.78 is 0. The average Bonchev–Trinajstić information content (AvgIpc) is 2.16. The molecule has 78 valence electrons. The Balaban J connectivity index is 3.61. The van der Waals surface area contributed by atoms with Crippen LogP contribution >= 0.6 is 11.8 Å². The van der Waals surface area contributed by atoms with E-state index in [2.05, 4.69) is 4.98 Å². The van der Waals surface area contributed by atoms with Crippen molar-refractivity contribution in [2.45, 2.75) is 11.9 Å². The molecule has 1 aromatic rings. The molecule has 6 heteroatoms. The van der Waals surface area contributed by atoms with E-state index in [1.54, 1.807) is 13.2 Å². The molecule has 0 radical (unpaired) electrons. The number of carbonyl (C=O) groups is 1. The molecule has 0 spiro atoms. The Hall–Kier alpha value is -1.74. The van der Waals surface area contributed by atoms with Gasteiger partial charge in [-0.1, -0.05) is 0 Å². The van der Waals surface area contributed by atoms with Crippen molar-refractivity contribution in [2.75, 3.05) is 12.0 Å². The van der Waals surface area contributed by atoms with Gasteiger partial charge in [-0.25, -0.2) is 4.98 Å². The molecular weight excluding hydrogens is 212 g/mol. The molecule has 1 rings (SSSR count). The summed E-state index contributed by atoms with van der Waals surface area (Å²) in [5.74, 6) is -0.665. The number of pyridine rings is 1. The largest absolute Gasteiger partial charge is 0.397 e. The van der Waals surface area contributed by atoms with E-state index in [1.807, 2.05) is 6.07 Å². The molecule has 0 aliphatic heterocycles. The summed E-state index contributed by atoms with van der Waals surface area (Å²) in [7, 11) is 0. The van der Waals surface area contributed by atoms with Crippen LogP contribution in [0.3, 0.4) is 0 Å². The highest BCUT2D eigenvalue weighted by atomic mass is 32.2. The highest BCUT2D eigenvalue weighted by Crippen LogP contribution is 2.27. The summed E-state index contributed by atoms with van der Waals surface area (Å²) in [5.41, 5.74) is 11.8. The van der Waals surface area contributed by atoms with Crippen LogP contribution in [0.5, 0.6) is 0 Å². The second-order valence-corrected chi connectivity index (χ2v) is 3.64. The monoisotopic (exact) mass is 222 g/mol. The molecule has 0 saturated carbocycles. The first kappa shape index (κ1) is 11.3. The highest BCUT2D eigenvalue weighted by molar-refractivity contribution is 7.98. The van der Waals surface area contributed by atoms with E-state index in [4.69, 9.17) is 16.7 Å². The third-order valence-corrected chi connectivity index (χ3v) is 2.62. The standard InChI is InChI=1S/C9H10N4OS/c1-4-6(8(12)14)7(11)5(3-10)9(13-4)15-2/h1-2H3,(H2,11,13)(H2,12,14). The SMILES string of the molecule is CSc1nc(C)c(C(N)=O)c(N)c1C#N. The predicted octanol–water partition coefficient (Wildman–Crippen LogP) is 0.665. The van der Waals surface area contributed by atoms with Gasteiger partial charge in [0, 0.05) is 0 Å². The third kappa shape index (κ3) is 1.87. The van der Waals surface area contributed by atoms with Crippen LogP contribution in [0, 0.1) is 18.3 Å². The van der Waals surface area contributed by atoms with Crippen molar-refractivity contribution in [2.24, 2.45) is 5.73 Å². The van der Waals surface area contributed by atoms with Crippen LogP contribution < -0.4 is 11.5 Å². The number of carbonyl (C=O) groups excluding carboxylic acids is 1. The smallest absolute Gasteiger partial charge is 0.252 e. The van der Waals surface area contributed by atoms with Crippen LogP contribution in [0.15, 0.2) is 5.03 Å². The Morgan fingerprint density at radius 3 is 2.60 bits per heavy atom. The third-order valence-electron chi connectivity index (χ3n) is 1.94. The fraction of sp³-hybridized carbons (Fsp3) is 0.222. The fourth-order valence-corrected chi connectivity index (χ4v) is 1.85. The van der Waals surface area contributed by atoms with E-state index in [9.17, 15) is 4.79 Å². The number of aryl methyl sites for hydroxylation is 1. The molecule has 0 aliphatic carbocycles. The number of anilines is 1. The van der Waals surface area contributed by atoms with Gasteiger partial charge in [0.2, 0.25) is 0 Å². The Morgan fingerprint density at radius 2 is 2.20 bits per heavy atom. The van der Waals surface area contributed by atoms with E-state index >= 15 is 0 Å². The molecule has 15 heavy (non-hydrogen) atoms. The van der Waals surface area contributed by atoms with Crippen molar-refractivity contribution in [3.63, 3.8) is 0 Å². The first-order chi connectivity index (χ1) is 7.02. The minimum absolute atomic E-state index is 0.113. The van der Waals surface area contributed by atoms with Crippen molar-refractivity contribution in [1.29, 1.82) is 5.26 Å². The van der Waals surface area contributed by atoms with Gasteiger partial charge < -0.3 is 11.5 Å². The van der Waals surface area contributed by atoms with Crippen molar-refractivity contribution in [1.82, 2.24) is 4.98 Å². The molecule has 0 saturated heterocycles.